The molecule has 0 amide bonds. The van der Waals surface area contributed by atoms with E-state index in [1.54, 1.807) is 0 Å². The van der Waals surface area contributed by atoms with E-state index in [-0.39, 0.29) is 5.56 Å². The molecule has 0 bridgehead atoms. The average Bonchev–Trinajstić information content (AvgIpc) is 3.38. The van der Waals surface area contributed by atoms with Gasteiger partial charge in [0, 0.05) is 18.2 Å². The molecule has 43 heavy (non-hydrogen) atoms. The summed E-state index contributed by atoms with van der Waals surface area (Å²) in [4.78, 5) is 26.6. The number of aromatic nitrogens is 2. The number of hydrogen-bond acceptors (Lipinski definition) is 7. The van der Waals surface area contributed by atoms with Crippen LogP contribution in [0.2, 0.25) is 0 Å². The predicted molar refractivity (Wildman–Crippen MR) is 150 cm³/mol. The quantitative estimate of drug-likeness (QED) is 0.169. The van der Waals surface area contributed by atoms with Gasteiger partial charge in [-0.3, -0.25) is 18.5 Å². The lowest BCUT2D eigenvalue weighted by atomic mass is 9.80. The Morgan fingerprint density at radius 2 is 1.37 bits per heavy atom. The van der Waals surface area contributed by atoms with Gasteiger partial charge < -0.3 is 9.47 Å². The Morgan fingerprint density at radius 1 is 0.884 bits per heavy atom. The molecule has 0 spiro atoms. The molecule has 3 atom stereocenters. The van der Waals surface area contributed by atoms with E-state index >= 15 is 0 Å². The van der Waals surface area contributed by atoms with Crippen LogP contribution >= 0.6 is 0 Å². The van der Waals surface area contributed by atoms with Gasteiger partial charge in [0.15, 0.2) is 0 Å². The van der Waals surface area contributed by atoms with Gasteiger partial charge in [0.25, 0.3) is 5.56 Å². The molecule has 0 radical (unpaired) electrons. The highest BCUT2D eigenvalue weighted by Gasteiger charge is 2.52. The van der Waals surface area contributed by atoms with E-state index in [9.17, 15) is 31.2 Å². The second-order valence-corrected chi connectivity index (χ2v) is 11.5. The summed E-state index contributed by atoms with van der Waals surface area (Å²) in [5.41, 5.74) is -6.32. The zero-order valence-electron chi connectivity index (χ0n) is 22.7. The molecule has 1 aromatic heterocycles. The number of nitrogens with one attached hydrogen (secondary N) is 1. The fourth-order valence-electron chi connectivity index (χ4n) is 5.12. The SMILES string of the molecule is Cc1cn([C@H]2C[C@H](OS(=O)(=O)C(F)(F)F)[C@@H](COC(c3ccccc3)(c3ccccc3)c3ccccc3)O2)c(=O)[nH]c1=O. The van der Waals surface area contributed by atoms with Crippen LogP contribution in [0.15, 0.2) is 107 Å². The van der Waals surface area contributed by atoms with Crippen molar-refractivity contribution in [3.63, 3.8) is 0 Å². The molecule has 226 valence electrons. The predicted octanol–water partition coefficient (Wildman–Crippen LogP) is 4.38. The minimum Gasteiger partial charge on any atom is -0.358 e. The summed E-state index contributed by atoms with van der Waals surface area (Å²) in [5, 5.41) is 0. The Bertz CT molecular complexity index is 1680. The Morgan fingerprint density at radius 3 is 1.84 bits per heavy atom. The standard InChI is InChI=1S/C30H27F3N2O7S/c1-20-18-35(28(37)34-27(20)36)26-17-24(42-43(38,39)30(31,32)33)25(41-26)19-40-29(21-11-5-2-6-12-21,22-13-7-3-8-14-22)23-15-9-4-10-16-23/h2-16,18,24-26H,17,19H2,1H3,(H,34,36,37)/t24-,25+,26+/m0/s1. The van der Waals surface area contributed by atoms with E-state index in [0.29, 0.717) is 16.7 Å². The highest BCUT2D eigenvalue weighted by molar-refractivity contribution is 7.87. The van der Waals surface area contributed by atoms with Gasteiger partial charge in [0.1, 0.15) is 24.0 Å². The first-order valence-electron chi connectivity index (χ1n) is 13.2. The van der Waals surface area contributed by atoms with Gasteiger partial charge in [-0.25, -0.2) is 4.79 Å². The number of rotatable bonds is 9. The van der Waals surface area contributed by atoms with Gasteiger partial charge in [-0.1, -0.05) is 91.0 Å². The summed E-state index contributed by atoms with van der Waals surface area (Å²) in [6, 6.07) is 27.4. The zero-order chi connectivity index (χ0) is 30.8. The summed E-state index contributed by atoms with van der Waals surface area (Å²) < 4.78 is 82.4. The molecule has 0 aliphatic carbocycles. The zero-order valence-corrected chi connectivity index (χ0v) is 23.5. The van der Waals surface area contributed by atoms with E-state index in [4.69, 9.17) is 9.47 Å². The molecular formula is C30H27F3N2O7S. The second-order valence-electron chi connectivity index (χ2n) is 9.97. The molecule has 0 unspecified atom stereocenters. The van der Waals surface area contributed by atoms with E-state index in [2.05, 4.69) is 9.17 Å². The van der Waals surface area contributed by atoms with Crippen molar-refractivity contribution in [2.24, 2.45) is 0 Å². The van der Waals surface area contributed by atoms with Crippen LogP contribution in [0.4, 0.5) is 13.2 Å². The fourth-order valence-corrected chi connectivity index (χ4v) is 5.75. The monoisotopic (exact) mass is 616 g/mol. The maximum atomic E-state index is 13.4. The van der Waals surface area contributed by atoms with Crippen LogP contribution in [-0.4, -0.2) is 42.3 Å². The maximum Gasteiger partial charge on any atom is 0.523 e. The van der Waals surface area contributed by atoms with Crippen molar-refractivity contribution in [1.29, 1.82) is 0 Å². The van der Waals surface area contributed by atoms with Crippen LogP contribution in [0.1, 0.15) is 34.9 Å². The summed E-state index contributed by atoms with van der Waals surface area (Å²) in [6.07, 6.45) is -3.59. The van der Waals surface area contributed by atoms with Crippen LogP contribution in [0.25, 0.3) is 0 Å². The van der Waals surface area contributed by atoms with E-state index in [1.165, 1.54) is 13.1 Å². The lowest BCUT2D eigenvalue weighted by Crippen LogP contribution is -2.40. The van der Waals surface area contributed by atoms with Crippen molar-refractivity contribution >= 4 is 10.1 Å². The highest BCUT2D eigenvalue weighted by Crippen LogP contribution is 2.42. The molecule has 1 N–H and O–H groups in total. The number of H-pyrrole nitrogens is 1. The summed E-state index contributed by atoms with van der Waals surface area (Å²) in [5.74, 6) is 0. The lowest BCUT2D eigenvalue weighted by Gasteiger charge is -2.37. The molecule has 2 heterocycles. The van der Waals surface area contributed by atoms with Gasteiger partial charge in [-0.05, 0) is 23.6 Å². The van der Waals surface area contributed by atoms with Crippen molar-refractivity contribution in [2.45, 2.75) is 42.9 Å². The first-order chi connectivity index (χ1) is 20.4. The number of aromatic amines is 1. The van der Waals surface area contributed by atoms with Gasteiger partial charge >= 0.3 is 21.3 Å². The molecular weight excluding hydrogens is 589 g/mol. The molecule has 9 nitrogen and oxygen atoms in total. The third kappa shape index (κ3) is 6.07. The largest absolute Gasteiger partial charge is 0.523 e. The Hall–Kier alpha value is -4.04. The van der Waals surface area contributed by atoms with Crippen LogP contribution < -0.4 is 11.2 Å². The maximum absolute atomic E-state index is 13.4. The van der Waals surface area contributed by atoms with Crippen LogP contribution in [0.5, 0.6) is 0 Å². The van der Waals surface area contributed by atoms with Crippen molar-refractivity contribution in [1.82, 2.24) is 9.55 Å². The van der Waals surface area contributed by atoms with Crippen LogP contribution in [0, 0.1) is 6.92 Å². The van der Waals surface area contributed by atoms with Crippen molar-refractivity contribution in [3.05, 3.63) is 140 Å². The molecule has 3 aromatic carbocycles. The summed E-state index contributed by atoms with van der Waals surface area (Å²) >= 11 is 0. The summed E-state index contributed by atoms with van der Waals surface area (Å²) in [6.45, 7) is 0.991. The van der Waals surface area contributed by atoms with Gasteiger partial charge in [0.2, 0.25) is 0 Å². The molecule has 1 fully saturated rings. The molecule has 1 saturated heterocycles. The van der Waals surface area contributed by atoms with Crippen LogP contribution in [0.3, 0.4) is 0 Å². The van der Waals surface area contributed by atoms with Crippen LogP contribution in [-0.2, 0) is 29.4 Å². The number of halogens is 3. The Labute approximate surface area is 244 Å². The van der Waals surface area contributed by atoms with Gasteiger partial charge in [-0.15, -0.1) is 0 Å². The van der Waals surface area contributed by atoms with E-state index < -0.39 is 63.9 Å². The third-order valence-corrected chi connectivity index (χ3v) is 8.24. The Balaban J connectivity index is 1.58. The number of aryl methyl sites for hydroxylation is 1. The van der Waals surface area contributed by atoms with Crippen molar-refractivity contribution < 1.29 is 35.2 Å². The minimum atomic E-state index is -6.04. The van der Waals surface area contributed by atoms with Gasteiger partial charge in [0.05, 0.1) is 6.61 Å². The second kappa shape index (κ2) is 11.9. The normalized spacial score (nSPS) is 19.4. The average molecular weight is 617 g/mol. The van der Waals surface area contributed by atoms with Crippen molar-refractivity contribution in [3.8, 4) is 0 Å². The summed E-state index contributed by atoms with van der Waals surface area (Å²) in [7, 11) is -6.04. The molecule has 1 aliphatic heterocycles. The number of nitrogens with zero attached hydrogens (tertiary/aromatic N) is 1. The smallest absolute Gasteiger partial charge is 0.358 e. The minimum absolute atomic E-state index is 0.138. The first-order valence-corrected chi connectivity index (χ1v) is 14.6. The topological polar surface area (TPSA) is 117 Å². The molecule has 0 saturated carbocycles. The molecule has 5 rings (SSSR count). The number of benzene rings is 3. The number of alkyl halides is 3. The number of hydrogen-bond donors (Lipinski definition) is 1. The van der Waals surface area contributed by atoms with Gasteiger partial charge in [-0.2, -0.15) is 21.6 Å². The molecule has 1 aliphatic rings. The fraction of sp³-hybridized carbons (Fsp3) is 0.267. The van der Waals surface area contributed by atoms with E-state index in [1.807, 2.05) is 91.0 Å². The third-order valence-electron chi connectivity index (χ3n) is 7.18. The molecule has 4 aromatic rings. The van der Waals surface area contributed by atoms with E-state index in [0.717, 1.165) is 4.57 Å². The highest BCUT2D eigenvalue weighted by atomic mass is 32.2. The Kier molecular flexibility index (Phi) is 8.43. The van der Waals surface area contributed by atoms with Crippen molar-refractivity contribution in [2.75, 3.05) is 6.61 Å². The first kappa shape index (κ1) is 30.4. The molecule has 13 heteroatoms. The lowest BCUT2D eigenvalue weighted by molar-refractivity contribution is -0.0961. The number of ether oxygens (including phenoxy) is 2.